The summed E-state index contributed by atoms with van der Waals surface area (Å²) < 4.78 is 1.83. The molecule has 0 unspecified atom stereocenters. The molecule has 0 aliphatic rings. The van der Waals surface area contributed by atoms with Crippen LogP contribution in [0, 0.1) is 0 Å². The molecule has 5 nitrogen and oxygen atoms in total. The molecule has 0 amide bonds. The minimum absolute atomic E-state index is 0.536. The lowest BCUT2D eigenvalue weighted by molar-refractivity contribution is 0.611. The molecule has 0 spiro atoms. The standard InChI is InChI=1S/C9H13N5S/c1-2-3-7-9(10)12-13-14(7)6-8-11-4-5-15-8/h4-5H,2-3,6,10H2,1H3. The van der Waals surface area contributed by atoms with E-state index in [4.69, 9.17) is 5.73 Å². The molecule has 0 aliphatic carbocycles. The highest BCUT2D eigenvalue weighted by atomic mass is 32.1. The maximum atomic E-state index is 5.74. The van der Waals surface area contributed by atoms with E-state index in [9.17, 15) is 0 Å². The van der Waals surface area contributed by atoms with E-state index in [0.717, 1.165) is 23.5 Å². The lowest BCUT2D eigenvalue weighted by Gasteiger charge is -2.02. The second kappa shape index (κ2) is 4.39. The van der Waals surface area contributed by atoms with E-state index in [1.54, 1.807) is 17.5 Å². The molecular formula is C9H13N5S. The molecule has 2 heterocycles. The van der Waals surface area contributed by atoms with Crippen LogP contribution in [0.5, 0.6) is 0 Å². The van der Waals surface area contributed by atoms with Crippen LogP contribution in [0.3, 0.4) is 0 Å². The van der Waals surface area contributed by atoms with Crippen LogP contribution in [-0.2, 0) is 13.0 Å². The number of thiazole rings is 1. The highest BCUT2D eigenvalue weighted by Gasteiger charge is 2.10. The SMILES string of the molecule is CCCc1c(N)nnn1Cc1nccs1. The Morgan fingerprint density at radius 2 is 2.40 bits per heavy atom. The van der Waals surface area contributed by atoms with Crippen LogP contribution < -0.4 is 5.73 Å². The molecule has 0 saturated heterocycles. The van der Waals surface area contributed by atoms with E-state index in [1.165, 1.54) is 0 Å². The second-order valence-electron chi connectivity index (χ2n) is 3.25. The van der Waals surface area contributed by atoms with E-state index in [2.05, 4.69) is 22.2 Å². The van der Waals surface area contributed by atoms with Crippen LogP contribution >= 0.6 is 11.3 Å². The van der Waals surface area contributed by atoms with Crippen LogP contribution in [0.25, 0.3) is 0 Å². The van der Waals surface area contributed by atoms with Crippen LogP contribution in [0.4, 0.5) is 5.82 Å². The minimum atomic E-state index is 0.536. The highest BCUT2D eigenvalue weighted by molar-refractivity contribution is 7.09. The van der Waals surface area contributed by atoms with E-state index in [1.807, 2.05) is 10.1 Å². The van der Waals surface area contributed by atoms with Gasteiger partial charge in [0.1, 0.15) is 5.01 Å². The monoisotopic (exact) mass is 223 g/mol. The van der Waals surface area contributed by atoms with Gasteiger partial charge >= 0.3 is 0 Å². The largest absolute Gasteiger partial charge is 0.381 e. The molecule has 0 fully saturated rings. The molecule has 2 rings (SSSR count). The maximum Gasteiger partial charge on any atom is 0.169 e. The van der Waals surface area contributed by atoms with Gasteiger partial charge in [-0.25, -0.2) is 9.67 Å². The summed E-state index contributed by atoms with van der Waals surface area (Å²) in [7, 11) is 0. The van der Waals surface area contributed by atoms with Gasteiger partial charge in [-0.15, -0.1) is 16.4 Å². The lowest BCUT2D eigenvalue weighted by atomic mass is 10.2. The van der Waals surface area contributed by atoms with Gasteiger partial charge in [-0.2, -0.15) is 0 Å². The molecule has 6 heteroatoms. The van der Waals surface area contributed by atoms with E-state index >= 15 is 0 Å². The normalized spacial score (nSPS) is 10.7. The van der Waals surface area contributed by atoms with Gasteiger partial charge in [-0.3, -0.25) is 0 Å². The van der Waals surface area contributed by atoms with Crippen molar-refractivity contribution < 1.29 is 0 Å². The zero-order chi connectivity index (χ0) is 10.7. The smallest absolute Gasteiger partial charge is 0.169 e. The van der Waals surface area contributed by atoms with Crippen LogP contribution in [0.15, 0.2) is 11.6 Å². The van der Waals surface area contributed by atoms with Gasteiger partial charge in [0.05, 0.1) is 12.2 Å². The van der Waals surface area contributed by atoms with Crippen molar-refractivity contribution in [1.29, 1.82) is 0 Å². The number of nitrogens with two attached hydrogens (primary N) is 1. The molecule has 0 radical (unpaired) electrons. The third kappa shape index (κ3) is 2.15. The molecule has 2 aromatic rings. The van der Waals surface area contributed by atoms with E-state index < -0.39 is 0 Å². The molecule has 80 valence electrons. The Morgan fingerprint density at radius 1 is 1.53 bits per heavy atom. The second-order valence-corrected chi connectivity index (χ2v) is 4.23. The molecule has 0 atom stereocenters. The average Bonchev–Trinajstić information content (AvgIpc) is 2.83. The first-order valence-corrected chi connectivity index (χ1v) is 5.75. The van der Waals surface area contributed by atoms with Crippen molar-refractivity contribution in [3.05, 3.63) is 22.3 Å². The number of hydrogen-bond acceptors (Lipinski definition) is 5. The summed E-state index contributed by atoms with van der Waals surface area (Å²) >= 11 is 1.61. The summed E-state index contributed by atoms with van der Waals surface area (Å²) in [5.41, 5.74) is 6.75. The van der Waals surface area contributed by atoms with Crippen molar-refractivity contribution in [2.45, 2.75) is 26.3 Å². The zero-order valence-electron chi connectivity index (χ0n) is 8.55. The predicted octanol–water partition coefficient (Wildman–Crippen LogP) is 1.32. The van der Waals surface area contributed by atoms with Crippen molar-refractivity contribution in [3.63, 3.8) is 0 Å². The molecule has 0 bridgehead atoms. The van der Waals surface area contributed by atoms with Crippen molar-refractivity contribution in [2.75, 3.05) is 5.73 Å². The molecule has 2 aromatic heterocycles. The molecular weight excluding hydrogens is 210 g/mol. The fourth-order valence-corrected chi connectivity index (χ4v) is 2.02. The lowest BCUT2D eigenvalue weighted by Crippen LogP contribution is -2.07. The van der Waals surface area contributed by atoms with Crippen molar-refractivity contribution in [3.8, 4) is 0 Å². The van der Waals surface area contributed by atoms with Gasteiger partial charge in [0.2, 0.25) is 0 Å². The van der Waals surface area contributed by atoms with Gasteiger partial charge in [-0.05, 0) is 6.42 Å². The third-order valence-corrected chi connectivity index (χ3v) is 2.89. The Morgan fingerprint density at radius 3 is 3.07 bits per heavy atom. The van der Waals surface area contributed by atoms with E-state index in [-0.39, 0.29) is 0 Å². The first kappa shape index (κ1) is 10.1. The number of nitrogen functional groups attached to an aromatic ring is 1. The van der Waals surface area contributed by atoms with Crippen molar-refractivity contribution in [1.82, 2.24) is 20.0 Å². The first-order chi connectivity index (χ1) is 7.31. The Labute approximate surface area is 91.9 Å². The molecule has 0 saturated carbocycles. The van der Waals surface area contributed by atoms with E-state index in [0.29, 0.717) is 12.4 Å². The average molecular weight is 223 g/mol. The summed E-state index contributed by atoms with van der Waals surface area (Å²) in [5, 5.41) is 10.9. The fraction of sp³-hybridized carbons (Fsp3) is 0.444. The molecule has 2 N–H and O–H groups in total. The summed E-state index contributed by atoms with van der Waals surface area (Å²) in [6.45, 7) is 2.78. The Kier molecular flexibility index (Phi) is 2.96. The highest BCUT2D eigenvalue weighted by Crippen LogP contribution is 2.13. The van der Waals surface area contributed by atoms with Gasteiger partial charge in [0.15, 0.2) is 5.82 Å². The van der Waals surface area contributed by atoms with Crippen molar-refractivity contribution >= 4 is 17.2 Å². The molecule has 0 aromatic carbocycles. The Bertz CT molecular complexity index is 420. The van der Waals surface area contributed by atoms with Gasteiger partial charge in [-0.1, -0.05) is 18.6 Å². The van der Waals surface area contributed by atoms with Gasteiger partial charge < -0.3 is 5.73 Å². The molecule has 15 heavy (non-hydrogen) atoms. The Balaban J connectivity index is 2.21. The quantitative estimate of drug-likeness (QED) is 0.848. The zero-order valence-corrected chi connectivity index (χ0v) is 9.37. The van der Waals surface area contributed by atoms with Crippen molar-refractivity contribution in [2.24, 2.45) is 0 Å². The van der Waals surface area contributed by atoms with Crippen LogP contribution in [0.1, 0.15) is 24.0 Å². The first-order valence-electron chi connectivity index (χ1n) is 4.87. The molecule has 0 aliphatic heterocycles. The number of hydrogen-bond donors (Lipinski definition) is 1. The number of aromatic nitrogens is 4. The summed E-state index contributed by atoms with van der Waals surface area (Å²) in [6.07, 6.45) is 3.74. The van der Waals surface area contributed by atoms with Crippen LogP contribution in [-0.4, -0.2) is 20.0 Å². The Hall–Kier alpha value is -1.43. The minimum Gasteiger partial charge on any atom is -0.381 e. The summed E-state index contributed by atoms with van der Waals surface area (Å²) in [6, 6.07) is 0. The van der Waals surface area contributed by atoms with Crippen LogP contribution in [0.2, 0.25) is 0 Å². The topological polar surface area (TPSA) is 69.6 Å². The number of rotatable bonds is 4. The predicted molar refractivity (Wildman–Crippen MR) is 59.6 cm³/mol. The maximum absolute atomic E-state index is 5.74. The van der Waals surface area contributed by atoms with Gasteiger partial charge in [0, 0.05) is 11.6 Å². The summed E-state index contributed by atoms with van der Waals surface area (Å²) in [5.74, 6) is 0.536. The summed E-state index contributed by atoms with van der Waals surface area (Å²) in [4.78, 5) is 4.21. The fourth-order valence-electron chi connectivity index (χ4n) is 1.43. The number of nitrogens with zero attached hydrogens (tertiary/aromatic N) is 4. The third-order valence-electron chi connectivity index (χ3n) is 2.12. The van der Waals surface area contributed by atoms with Gasteiger partial charge in [0.25, 0.3) is 0 Å². The number of anilines is 1.